The van der Waals surface area contributed by atoms with Gasteiger partial charge in [-0.25, -0.2) is 0 Å². The first-order valence-electron chi connectivity index (χ1n) is 22.1. The van der Waals surface area contributed by atoms with Crippen molar-refractivity contribution in [2.75, 3.05) is 39.4 Å². The van der Waals surface area contributed by atoms with Gasteiger partial charge in [-0.3, -0.25) is 19.2 Å². The largest absolute Gasteiger partial charge is 0.466 e. The summed E-state index contributed by atoms with van der Waals surface area (Å²) in [5, 5.41) is 3.10. The van der Waals surface area contributed by atoms with Gasteiger partial charge >= 0.3 is 11.9 Å². The van der Waals surface area contributed by atoms with Crippen LogP contribution in [-0.4, -0.2) is 82.1 Å². The molecule has 2 amide bonds. The average molecular weight is 932 g/mol. The Morgan fingerprint density at radius 2 is 1.06 bits per heavy atom. The Labute approximate surface area is 393 Å². The zero-order valence-corrected chi connectivity index (χ0v) is 39.3. The van der Waals surface area contributed by atoms with Crippen LogP contribution < -0.4 is 0 Å². The molecule has 8 rings (SSSR count). The maximum absolute atomic E-state index is 13.6. The first-order chi connectivity index (χ1) is 31.4. The molecule has 2 aliphatic rings. The number of rotatable bonds is 12. The fourth-order valence-corrected chi connectivity index (χ4v) is 10.6. The summed E-state index contributed by atoms with van der Waals surface area (Å²) in [5.41, 5.74) is 6.98. The molecule has 6 aromatic rings. The van der Waals surface area contributed by atoms with Crippen molar-refractivity contribution in [2.45, 2.75) is 49.3 Å². The number of ether oxygens (including phenoxy) is 2. The minimum Gasteiger partial charge on any atom is -0.466 e. The van der Waals surface area contributed by atoms with Crippen LogP contribution >= 0.6 is 35.0 Å². The highest BCUT2D eigenvalue weighted by Crippen LogP contribution is 2.47. The van der Waals surface area contributed by atoms with Crippen molar-refractivity contribution in [3.05, 3.63) is 119 Å². The lowest BCUT2D eigenvalue weighted by Crippen LogP contribution is -2.42. The van der Waals surface area contributed by atoms with Gasteiger partial charge in [-0.05, 0) is 122 Å². The molecule has 0 bridgehead atoms. The third kappa shape index (κ3) is 9.93. The molecule has 4 aromatic carbocycles. The molecular weight excluding hydrogens is 880 g/mol. The number of piperidine rings is 2. The standard InChI is InChI=1S/C52H52Cl2N4O6S/c1-5-63-51(61)39-9-7-25-57(31-39)45(59)21-15-33-13-19-43(49(53)47(33)37-11-17-41-35(29-37)23-27-55(41)3)65-44-20-14-34(16-22-46(60)58-26-8-10-40(32-58)52(62)64-6-2)48(50(44)54)38-12-18-42-36(30-38)24-28-56(42)4/h11-24,27-30,39-40H,5-10,25-26,31-32H2,1-4H3. The van der Waals surface area contributed by atoms with E-state index in [9.17, 15) is 19.2 Å². The Bertz CT molecular complexity index is 2670. The van der Waals surface area contributed by atoms with E-state index in [0.29, 0.717) is 62.3 Å². The van der Waals surface area contributed by atoms with Gasteiger partial charge in [0, 0.05) is 108 Å². The van der Waals surface area contributed by atoms with Gasteiger partial charge < -0.3 is 28.4 Å². The van der Waals surface area contributed by atoms with E-state index in [0.717, 1.165) is 77.8 Å². The number of carbonyl (C=O) groups excluding carboxylic acids is 4. The Morgan fingerprint density at radius 1 is 0.631 bits per heavy atom. The average Bonchev–Trinajstić information content (AvgIpc) is 3.89. The second-order valence-electron chi connectivity index (χ2n) is 16.6. The minimum atomic E-state index is -0.340. The molecular formula is C52H52Cl2N4O6S. The van der Waals surface area contributed by atoms with Gasteiger partial charge in [0.05, 0.1) is 35.1 Å². The van der Waals surface area contributed by atoms with Gasteiger partial charge in [0.25, 0.3) is 0 Å². The Hall–Kier alpha value is -5.75. The Morgan fingerprint density at radius 3 is 1.48 bits per heavy atom. The summed E-state index contributed by atoms with van der Waals surface area (Å²) < 4.78 is 14.7. The summed E-state index contributed by atoms with van der Waals surface area (Å²) in [6.45, 7) is 5.95. The molecule has 0 spiro atoms. The molecule has 65 heavy (non-hydrogen) atoms. The highest BCUT2D eigenvalue weighted by Gasteiger charge is 2.30. The van der Waals surface area contributed by atoms with Crippen LogP contribution in [0.4, 0.5) is 0 Å². The van der Waals surface area contributed by atoms with E-state index in [1.54, 1.807) is 48.0 Å². The summed E-state index contributed by atoms with van der Waals surface area (Å²) in [6.07, 6.45) is 13.6. The molecule has 0 N–H and O–H groups in total. The van der Waals surface area contributed by atoms with E-state index in [-0.39, 0.29) is 35.6 Å². The number of nitrogens with zero attached hydrogens (tertiary/aromatic N) is 4. The van der Waals surface area contributed by atoms with Gasteiger partial charge in [0.2, 0.25) is 11.8 Å². The summed E-state index contributed by atoms with van der Waals surface area (Å²) >= 11 is 16.4. The molecule has 2 fully saturated rings. The zero-order valence-electron chi connectivity index (χ0n) is 37.0. The van der Waals surface area contributed by atoms with Crippen molar-refractivity contribution in [1.82, 2.24) is 18.9 Å². The van der Waals surface area contributed by atoms with E-state index in [1.807, 2.05) is 62.9 Å². The number of hydrogen-bond acceptors (Lipinski definition) is 7. The highest BCUT2D eigenvalue weighted by molar-refractivity contribution is 7.99. The minimum absolute atomic E-state index is 0.182. The molecule has 0 radical (unpaired) electrons. The van der Waals surface area contributed by atoms with E-state index in [4.69, 9.17) is 32.7 Å². The smallest absolute Gasteiger partial charge is 0.310 e. The van der Waals surface area contributed by atoms with E-state index < -0.39 is 0 Å². The summed E-state index contributed by atoms with van der Waals surface area (Å²) in [5.74, 6) is -1.58. The van der Waals surface area contributed by atoms with Gasteiger partial charge in [-0.15, -0.1) is 0 Å². The maximum Gasteiger partial charge on any atom is 0.310 e. The molecule has 336 valence electrons. The van der Waals surface area contributed by atoms with Crippen molar-refractivity contribution >= 4 is 92.7 Å². The third-order valence-electron chi connectivity index (χ3n) is 12.4. The number of hydrogen-bond donors (Lipinski definition) is 0. The number of carbonyl (C=O) groups is 4. The lowest BCUT2D eigenvalue weighted by molar-refractivity contribution is -0.152. The van der Waals surface area contributed by atoms with Gasteiger partial charge in [0.1, 0.15) is 0 Å². The second-order valence-corrected chi connectivity index (χ2v) is 18.4. The summed E-state index contributed by atoms with van der Waals surface area (Å²) in [6, 6.07) is 24.4. The van der Waals surface area contributed by atoms with Crippen molar-refractivity contribution in [1.29, 1.82) is 0 Å². The Balaban J connectivity index is 1.14. The summed E-state index contributed by atoms with van der Waals surface area (Å²) in [4.78, 5) is 57.2. The number of esters is 2. The predicted octanol–water partition coefficient (Wildman–Crippen LogP) is 11.1. The fraction of sp³-hybridized carbons (Fsp3) is 0.308. The third-order valence-corrected chi connectivity index (χ3v) is 14.5. The van der Waals surface area contributed by atoms with E-state index in [2.05, 4.69) is 45.5 Å². The molecule has 4 heterocycles. The topological polar surface area (TPSA) is 103 Å². The first-order valence-corrected chi connectivity index (χ1v) is 23.7. The number of amides is 2. The molecule has 2 aromatic heterocycles. The fourth-order valence-electron chi connectivity index (χ4n) is 8.95. The highest BCUT2D eigenvalue weighted by atomic mass is 35.5. The van der Waals surface area contributed by atoms with Crippen LogP contribution in [0.5, 0.6) is 0 Å². The van der Waals surface area contributed by atoms with Crippen LogP contribution in [0.3, 0.4) is 0 Å². The SMILES string of the molecule is CCOC(=O)C1CCCN(C(=O)C=Cc2ccc(Sc3ccc(C=CC(=O)N4CCCC(C(=O)OCC)C4)c(-c4ccc5c(ccn5C)c4)c3Cl)c(Cl)c2-c2ccc3c(ccn3C)c2)C1. The molecule has 2 atom stereocenters. The van der Waals surface area contributed by atoms with Crippen LogP contribution in [0, 0.1) is 11.8 Å². The molecule has 2 unspecified atom stereocenters. The zero-order chi connectivity index (χ0) is 45.8. The van der Waals surface area contributed by atoms with Crippen LogP contribution in [0.2, 0.25) is 10.0 Å². The van der Waals surface area contributed by atoms with Crippen LogP contribution in [0.15, 0.2) is 107 Å². The number of aryl methyl sites for hydroxylation is 2. The molecule has 2 aliphatic heterocycles. The second kappa shape index (κ2) is 20.2. The monoisotopic (exact) mass is 930 g/mol. The van der Waals surface area contributed by atoms with Crippen LogP contribution in [-0.2, 0) is 42.7 Å². The Kier molecular flexibility index (Phi) is 14.2. The quantitative estimate of drug-likeness (QED) is 0.0889. The first kappa shape index (κ1) is 45.8. The number of aromatic nitrogens is 2. The van der Waals surface area contributed by atoms with E-state index in [1.165, 1.54) is 11.8 Å². The lowest BCUT2D eigenvalue weighted by Gasteiger charge is -2.30. The summed E-state index contributed by atoms with van der Waals surface area (Å²) in [7, 11) is 4.01. The van der Waals surface area contributed by atoms with Crippen LogP contribution in [0.25, 0.3) is 56.2 Å². The van der Waals surface area contributed by atoms with Crippen molar-refractivity contribution in [3.63, 3.8) is 0 Å². The normalized spacial score (nSPS) is 16.8. The van der Waals surface area contributed by atoms with Gasteiger partial charge in [-0.2, -0.15) is 0 Å². The van der Waals surface area contributed by atoms with Gasteiger partial charge in [0.15, 0.2) is 0 Å². The lowest BCUT2D eigenvalue weighted by atomic mass is 9.97. The van der Waals surface area contributed by atoms with Crippen molar-refractivity contribution < 1.29 is 28.7 Å². The van der Waals surface area contributed by atoms with Crippen molar-refractivity contribution in [2.24, 2.45) is 25.9 Å². The molecule has 0 aliphatic carbocycles. The predicted molar refractivity (Wildman–Crippen MR) is 261 cm³/mol. The molecule has 13 heteroatoms. The van der Waals surface area contributed by atoms with Crippen molar-refractivity contribution in [3.8, 4) is 22.3 Å². The number of benzene rings is 4. The van der Waals surface area contributed by atoms with Gasteiger partial charge in [-0.1, -0.05) is 59.2 Å². The molecule has 10 nitrogen and oxygen atoms in total. The number of fused-ring (bicyclic) bond motifs is 2. The maximum atomic E-state index is 13.6. The van der Waals surface area contributed by atoms with Crippen LogP contribution in [0.1, 0.15) is 50.7 Å². The van der Waals surface area contributed by atoms with E-state index >= 15 is 0 Å². The number of likely N-dealkylation sites (tertiary alicyclic amines) is 2. The number of halogens is 2. The molecule has 2 saturated heterocycles. The molecule has 0 saturated carbocycles.